The molecule has 2 aromatic carbocycles. The van der Waals surface area contributed by atoms with E-state index in [-0.39, 0.29) is 48.4 Å². The van der Waals surface area contributed by atoms with Crippen LogP contribution in [-0.4, -0.2) is 46.2 Å². The summed E-state index contributed by atoms with van der Waals surface area (Å²) in [6, 6.07) is 9.47. The summed E-state index contributed by atoms with van der Waals surface area (Å²) in [6.45, 7) is 0. The van der Waals surface area contributed by atoms with Gasteiger partial charge in [-0.25, -0.2) is 0 Å². The molecule has 2 fully saturated rings. The first-order valence-corrected chi connectivity index (χ1v) is 13.4. The zero-order chi connectivity index (χ0) is 27.9. The summed E-state index contributed by atoms with van der Waals surface area (Å²) in [5.41, 5.74) is 1.28. The maximum absolute atomic E-state index is 13.9. The monoisotopic (exact) mass is 564 g/mol. The van der Waals surface area contributed by atoms with E-state index in [2.05, 4.69) is 4.74 Å². The number of hydrogen-bond donors (Lipinski definition) is 1. The Balaban J connectivity index is 1.56. The molecule has 1 N–H and O–H groups in total. The molecule has 5 rings (SSSR count). The number of carboxylic acid groups (broad SMARTS) is 1. The molecule has 0 radical (unpaired) electrons. The Morgan fingerprint density at radius 1 is 1.03 bits per heavy atom. The largest absolute Gasteiger partial charge is 0.573 e. The predicted octanol–water partition coefficient (Wildman–Crippen LogP) is 6.35. The molecule has 3 atom stereocenters. The maximum atomic E-state index is 13.9. The summed E-state index contributed by atoms with van der Waals surface area (Å²) in [7, 11) is 0. The van der Waals surface area contributed by atoms with Crippen LogP contribution in [0.1, 0.15) is 73.3 Å². The minimum atomic E-state index is -4.89. The quantitative estimate of drug-likeness (QED) is 0.423. The Morgan fingerprint density at radius 2 is 1.77 bits per heavy atom. The van der Waals surface area contributed by atoms with Crippen LogP contribution < -0.4 is 9.64 Å². The van der Waals surface area contributed by atoms with E-state index < -0.39 is 24.0 Å². The van der Waals surface area contributed by atoms with Crippen LogP contribution in [-0.2, 0) is 9.59 Å². The Kier molecular flexibility index (Phi) is 7.50. The molecule has 3 aliphatic rings. The van der Waals surface area contributed by atoms with Gasteiger partial charge in [0.15, 0.2) is 0 Å². The minimum Gasteiger partial charge on any atom is -0.481 e. The molecule has 2 amide bonds. The molecule has 39 heavy (non-hydrogen) atoms. The number of ether oxygens (including phenoxy) is 1. The standard InChI is InChI=1S/C28H28ClF3N2O5/c29-17-10-11-21-23(15-17)34(27(38)16-4-1-7-19(14-16)39-28(30,31)32)22-9-3-8-20(22)26(21)33(18-5-2-6-18)24(35)12-13-25(36)37/h1,4,7,10-11,14-15,18,20,22,26H,2-3,5-6,8-9,12-13H2,(H,36,37). The van der Waals surface area contributed by atoms with Gasteiger partial charge < -0.3 is 19.6 Å². The van der Waals surface area contributed by atoms with Crippen molar-refractivity contribution < 1.29 is 37.4 Å². The van der Waals surface area contributed by atoms with E-state index in [4.69, 9.17) is 11.6 Å². The van der Waals surface area contributed by atoms with Gasteiger partial charge >= 0.3 is 12.3 Å². The third-order valence-corrected chi connectivity index (χ3v) is 8.22. The third kappa shape index (κ3) is 5.57. The fraction of sp³-hybridized carbons (Fsp3) is 0.464. The summed E-state index contributed by atoms with van der Waals surface area (Å²) in [5, 5.41) is 9.57. The first-order valence-electron chi connectivity index (χ1n) is 13.1. The number of carboxylic acids is 1. The van der Waals surface area contributed by atoms with Gasteiger partial charge in [-0.15, -0.1) is 13.2 Å². The number of carbonyl (C=O) groups is 3. The second-order valence-corrected chi connectivity index (χ2v) is 10.8. The van der Waals surface area contributed by atoms with Gasteiger partial charge in [0.2, 0.25) is 5.91 Å². The summed E-state index contributed by atoms with van der Waals surface area (Å²) >= 11 is 6.38. The molecule has 0 spiro atoms. The van der Waals surface area contributed by atoms with Gasteiger partial charge in [-0.05, 0) is 68.0 Å². The second-order valence-electron chi connectivity index (χ2n) is 10.3. The maximum Gasteiger partial charge on any atom is 0.573 e. The second kappa shape index (κ2) is 10.7. The Bertz CT molecular complexity index is 1280. The van der Waals surface area contributed by atoms with E-state index >= 15 is 0 Å². The molecule has 0 bridgehead atoms. The first-order chi connectivity index (χ1) is 18.5. The van der Waals surface area contributed by atoms with Crippen LogP contribution in [0.4, 0.5) is 18.9 Å². The van der Waals surface area contributed by atoms with E-state index in [1.165, 1.54) is 12.1 Å². The SMILES string of the molecule is O=C(O)CCC(=O)N(C1CCC1)C1c2ccc(Cl)cc2N(C(=O)c2cccc(OC(F)(F)F)c2)C2CCCC21. The zero-order valence-electron chi connectivity index (χ0n) is 21.0. The van der Waals surface area contributed by atoms with Crippen molar-refractivity contribution in [2.45, 2.75) is 75.9 Å². The lowest BCUT2D eigenvalue weighted by Gasteiger charge is -2.51. The van der Waals surface area contributed by atoms with Crippen molar-refractivity contribution in [1.82, 2.24) is 4.90 Å². The third-order valence-electron chi connectivity index (χ3n) is 7.98. The van der Waals surface area contributed by atoms with Gasteiger partial charge in [0.25, 0.3) is 5.91 Å². The molecule has 7 nitrogen and oxygen atoms in total. The van der Waals surface area contributed by atoms with Crippen molar-refractivity contribution in [3.8, 4) is 5.75 Å². The molecule has 1 heterocycles. The van der Waals surface area contributed by atoms with Crippen molar-refractivity contribution in [3.63, 3.8) is 0 Å². The van der Waals surface area contributed by atoms with Gasteiger partial charge in [0, 0.05) is 35.0 Å². The van der Waals surface area contributed by atoms with Crippen LogP contribution in [0.2, 0.25) is 5.02 Å². The topological polar surface area (TPSA) is 87.2 Å². The lowest BCUT2D eigenvalue weighted by molar-refractivity contribution is -0.274. The molecule has 2 saturated carbocycles. The summed E-state index contributed by atoms with van der Waals surface area (Å²) in [6.07, 6.45) is -0.454. The van der Waals surface area contributed by atoms with Gasteiger partial charge in [-0.2, -0.15) is 0 Å². The number of amides is 2. The highest BCUT2D eigenvalue weighted by Gasteiger charge is 2.50. The van der Waals surface area contributed by atoms with Crippen molar-refractivity contribution in [3.05, 3.63) is 58.6 Å². The number of fused-ring (bicyclic) bond motifs is 2. The molecule has 1 aliphatic heterocycles. The molecule has 2 aliphatic carbocycles. The van der Waals surface area contributed by atoms with Crippen molar-refractivity contribution in [2.75, 3.05) is 4.90 Å². The van der Waals surface area contributed by atoms with E-state index in [1.54, 1.807) is 23.1 Å². The molecule has 3 unspecified atom stereocenters. The smallest absolute Gasteiger partial charge is 0.481 e. The summed E-state index contributed by atoms with van der Waals surface area (Å²) in [5.74, 6) is -2.35. The average molecular weight is 565 g/mol. The highest BCUT2D eigenvalue weighted by molar-refractivity contribution is 6.31. The van der Waals surface area contributed by atoms with E-state index in [0.717, 1.165) is 49.8 Å². The Labute approximate surface area is 228 Å². The molecule has 208 valence electrons. The number of alkyl halides is 3. The minimum absolute atomic E-state index is 0.0143. The summed E-state index contributed by atoms with van der Waals surface area (Å²) in [4.78, 5) is 42.1. The number of hydrogen-bond acceptors (Lipinski definition) is 4. The number of anilines is 1. The van der Waals surface area contributed by atoms with Crippen LogP contribution in [0.5, 0.6) is 5.75 Å². The molecule has 0 saturated heterocycles. The lowest BCUT2D eigenvalue weighted by Crippen LogP contribution is -2.55. The van der Waals surface area contributed by atoms with E-state index in [0.29, 0.717) is 17.1 Å². The van der Waals surface area contributed by atoms with E-state index in [1.807, 2.05) is 4.90 Å². The van der Waals surface area contributed by atoms with Crippen LogP contribution in [0.3, 0.4) is 0 Å². The van der Waals surface area contributed by atoms with Gasteiger partial charge in [-0.1, -0.05) is 30.2 Å². The molecule has 2 aromatic rings. The van der Waals surface area contributed by atoms with Crippen molar-refractivity contribution in [2.24, 2.45) is 5.92 Å². The van der Waals surface area contributed by atoms with Crippen molar-refractivity contribution >= 4 is 35.1 Å². The lowest BCUT2D eigenvalue weighted by atomic mass is 9.78. The molecular weight excluding hydrogens is 537 g/mol. The number of carbonyl (C=O) groups excluding carboxylic acids is 2. The van der Waals surface area contributed by atoms with Crippen molar-refractivity contribution in [1.29, 1.82) is 0 Å². The van der Waals surface area contributed by atoms with Crippen LogP contribution in [0.15, 0.2) is 42.5 Å². The van der Waals surface area contributed by atoms with E-state index in [9.17, 15) is 32.7 Å². The molecule has 0 aromatic heterocycles. The van der Waals surface area contributed by atoms with Crippen LogP contribution >= 0.6 is 11.6 Å². The van der Waals surface area contributed by atoms with Gasteiger partial charge in [0.1, 0.15) is 5.75 Å². The number of halogens is 4. The first kappa shape index (κ1) is 27.3. The predicted molar refractivity (Wildman–Crippen MR) is 137 cm³/mol. The molecular formula is C28H28ClF3N2O5. The highest BCUT2D eigenvalue weighted by Crippen LogP contribution is 2.53. The summed E-state index contributed by atoms with van der Waals surface area (Å²) < 4.78 is 42.5. The zero-order valence-corrected chi connectivity index (χ0v) is 21.8. The average Bonchev–Trinajstić information content (AvgIpc) is 3.31. The normalized spacial score (nSPS) is 22.5. The number of benzene rings is 2. The number of rotatable bonds is 7. The highest BCUT2D eigenvalue weighted by atomic mass is 35.5. The van der Waals surface area contributed by atoms with Crippen LogP contribution in [0.25, 0.3) is 0 Å². The fourth-order valence-electron chi connectivity index (χ4n) is 6.22. The number of aliphatic carboxylic acids is 1. The van der Waals surface area contributed by atoms with Gasteiger partial charge in [0.05, 0.1) is 18.2 Å². The number of nitrogens with zero attached hydrogens (tertiary/aromatic N) is 2. The van der Waals surface area contributed by atoms with Crippen LogP contribution in [0, 0.1) is 5.92 Å². The Hall–Kier alpha value is -3.27. The fourth-order valence-corrected chi connectivity index (χ4v) is 6.38. The Morgan fingerprint density at radius 3 is 2.44 bits per heavy atom. The van der Waals surface area contributed by atoms with Gasteiger partial charge in [-0.3, -0.25) is 14.4 Å². The molecule has 11 heteroatoms.